The lowest BCUT2D eigenvalue weighted by Crippen LogP contribution is -2.43. The van der Waals surface area contributed by atoms with Crippen LogP contribution in [0.3, 0.4) is 0 Å². The summed E-state index contributed by atoms with van der Waals surface area (Å²) in [5.41, 5.74) is 1.67. The maximum Gasteiger partial charge on any atom is 0.332 e. The molecule has 2 aliphatic carbocycles. The summed E-state index contributed by atoms with van der Waals surface area (Å²) in [5, 5.41) is 0. The molecule has 17 nitrogen and oxygen atoms in total. The van der Waals surface area contributed by atoms with Crippen LogP contribution < -0.4 is 11.2 Å². The molecule has 0 aliphatic heterocycles. The quantitative estimate of drug-likeness (QED) is 0.0328. The molecule has 5 rings (SSSR count). The van der Waals surface area contributed by atoms with Crippen LogP contribution in [0.5, 0.6) is 0 Å². The van der Waals surface area contributed by atoms with Crippen molar-refractivity contribution in [1.29, 1.82) is 0 Å². The van der Waals surface area contributed by atoms with E-state index in [1.165, 1.54) is 23.5 Å². The number of hydrogen-bond acceptors (Lipinski definition) is 14. The van der Waals surface area contributed by atoms with Gasteiger partial charge >= 0.3 is 11.7 Å². The van der Waals surface area contributed by atoms with E-state index < -0.39 is 5.97 Å². The lowest BCUT2D eigenvalue weighted by Gasteiger charge is -2.24. The van der Waals surface area contributed by atoms with Gasteiger partial charge in [-0.15, -0.1) is 6.42 Å². The van der Waals surface area contributed by atoms with Gasteiger partial charge in [-0.3, -0.25) is 13.9 Å². The molecule has 17 heteroatoms. The first-order valence-electron chi connectivity index (χ1n) is 24.2. The molecule has 3 aromatic rings. The molecule has 0 atom stereocenters. The van der Waals surface area contributed by atoms with Gasteiger partial charge < -0.3 is 51.9 Å². The SMILES string of the molecule is C#CCn1c(-c2ccc(/C=C/C(=O)OCCOCCOCCOCCOCCOCCOCCOCCOCCOC)cc2)nc2c1c(=O)n(CC1CCCCC1)c(=O)n2CC1CCCCC1. The van der Waals surface area contributed by atoms with Gasteiger partial charge in [0.2, 0.25) is 0 Å². The predicted molar refractivity (Wildman–Crippen MR) is 254 cm³/mol. The molecule has 0 N–H and O–H groups in total. The van der Waals surface area contributed by atoms with E-state index in [1.807, 2.05) is 24.3 Å². The van der Waals surface area contributed by atoms with Crippen LogP contribution in [-0.4, -0.2) is 151 Å². The number of methoxy groups -OCH3 is 1. The Morgan fingerprint density at radius 3 is 1.49 bits per heavy atom. The molecule has 2 aliphatic rings. The maximum absolute atomic E-state index is 14.2. The van der Waals surface area contributed by atoms with Crippen LogP contribution in [0.25, 0.3) is 28.6 Å². The number of imidazole rings is 1. The van der Waals surface area contributed by atoms with Gasteiger partial charge in [0.1, 0.15) is 12.4 Å². The zero-order valence-corrected chi connectivity index (χ0v) is 39.7. The third-order valence-electron chi connectivity index (χ3n) is 11.8. The summed E-state index contributed by atoms with van der Waals surface area (Å²) in [7, 11) is 1.64. The van der Waals surface area contributed by atoms with Crippen LogP contribution in [0.2, 0.25) is 0 Å². The summed E-state index contributed by atoms with van der Waals surface area (Å²) in [6, 6.07) is 7.47. The topological polar surface area (TPSA) is 171 Å². The van der Waals surface area contributed by atoms with E-state index in [0.717, 1.165) is 62.5 Å². The zero-order valence-electron chi connectivity index (χ0n) is 39.7. The van der Waals surface area contributed by atoms with Gasteiger partial charge in [0.25, 0.3) is 5.56 Å². The fourth-order valence-corrected chi connectivity index (χ4v) is 8.28. The van der Waals surface area contributed by atoms with Crippen molar-refractivity contribution >= 4 is 23.2 Å². The third kappa shape index (κ3) is 19.4. The number of carbonyl (C=O) groups is 1. The van der Waals surface area contributed by atoms with Crippen molar-refractivity contribution in [1.82, 2.24) is 18.7 Å². The van der Waals surface area contributed by atoms with Gasteiger partial charge in [-0.25, -0.2) is 14.6 Å². The first-order valence-corrected chi connectivity index (χ1v) is 24.2. The minimum Gasteiger partial charge on any atom is -0.460 e. The molecule has 2 heterocycles. The summed E-state index contributed by atoms with van der Waals surface area (Å²) in [6.45, 7) is 9.13. The number of nitrogens with zero attached hydrogens (tertiary/aromatic N) is 4. The minimum absolute atomic E-state index is 0.103. The molecule has 2 saturated carbocycles. The zero-order chi connectivity index (χ0) is 47.2. The molecule has 2 aromatic heterocycles. The average Bonchev–Trinajstić information content (AvgIpc) is 3.73. The molecule has 0 radical (unpaired) electrons. The minimum atomic E-state index is -0.492. The number of esters is 1. The van der Waals surface area contributed by atoms with Gasteiger partial charge in [-0.2, -0.15) is 0 Å². The molecule has 2 fully saturated rings. The molecule has 1 aromatic carbocycles. The first kappa shape index (κ1) is 53.7. The Morgan fingerprint density at radius 1 is 0.612 bits per heavy atom. The van der Waals surface area contributed by atoms with Crippen LogP contribution in [0.1, 0.15) is 69.8 Å². The van der Waals surface area contributed by atoms with Crippen LogP contribution in [0.4, 0.5) is 0 Å². The number of ether oxygens (including phenoxy) is 10. The molecule has 372 valence electrons. The van der Waals surface area contributed by atoms with E-state index in [2.05, 4.69) is 5.92 Å². The lowest BCUT2D eigenvalue weighted by molar-refractivity contribution is -0.139. The van der Waals surface area contributed by atoms with Crippen LogP contribution in [0, 0.1) is 24.2 Å². The van der Waals surface area contributed by atoms with Crippen molar-refractivity contribution in [3.8, 4) is 23.7 Å². The van der Waals surface area contributed by atoms with Gasteiger partial charge in [-0.05, 0) is 49.2 Å². The summed E-state index contributed by atoms with van der Waals surface area (Å²) in [4.78, 5) is 45.8. The number of aromatic nitrogens is 4. The molecule has 0 unspecified atom stereocenters. The van der Waals surface area contributed by atoms with Crippen LogP contribution in [0.15, 0.2) is 39.9 Å². The highest BCUT2D eigenvalue weighted by atomic mass is 16.6. The Labute approximate surface area is 395 Å². The fourth-order valence-electron chi connectivity index (χ4n) is 8.28. The molecule has 0 amide bonds. The Kier molecular flexibility index (Phi) is 26.1. The van der Waals surface area contributed by atoms with E-state index in [4.69, 9.17) is 58.8 Å². The van der Waals surface area contributed by atoms with Crippen molar-refractivity contribution in [3.05, 3.63) is 56.7 Å². The van der Waals surface area contributed by atoms with Gasteiger partial charge in [0, 0.05) is 31.8 Å². The number of terminal acetylenes is 1. The number of benzene rings is 1. The van der Waals surface area contributed by atoms with Crippen LogP contribution >= 0.6 is 0 Å². The van der Waals surface area contributed by atoms with Crippen LogP contribution in [-0.2, 0) is 71.8 Å². The maximum atomic E-state index is 14.2. The molecule has 67 heavy (non-hydrogen) atoms. The molecule has 0 bridgehead atoms. The Bertz CT molecular complexity index is 2030. The summed E-state index contributed by atoms with van der Waals surface area (Å²) >= 11 is 0. The largest absolute Gasteiger partial charge is 0.460 e. The highest BCUT2D eigenvalue weighted by Crippen LogP contribution is 2.29. The predicted octanol–water partition coefficient (Wildman–Crippen LogP) is 5.16. The summed E-state index contributed by atoms with van der Waals surface area (Å²) < 4.78 is 58.9. The Balaban J connectivity index is 0.939. The molecule has 0 spiro atoms. The average molecular weight is 939 g/mol. The molecular weight excluding hydrogens is 865 g/mol. The van der Waals surface area contributed by atoms with E-state index in [9.17, 15) is 14.4 Å². The third-order valence-corrected chi connectivity index (χ3v) is 11.8. The van der Waals surface area contributed by atoms with E-state index in [-0.39, 0.29) is 31.0 Å². The number of hydrogen-bond donors (Lipinski definition) is 0. The Hall–Kier alpha value is -4.22. The second-order valence-electron chi connectivity index (χ2n) is 16.7. The second kappa shape index (κ2) is 32.5. The summed E-state index contributed by atoms with van der Waals surface area (Å²) in [5.74, 6) is 3.40. The second-order valence-corrected chi connectivity index (χ2v) is 16.7. The van der Waals surface area contributed by atoms with E-state index in [1.54, 1.807) is 22.3 Å². The first-order chi connectivity index (χ1) is 33.0. The smallest absolute Gasteiger partial charge is 0.332 e. The van der Waals surface area contributed by atoms with Crippen molar-refractivity contribution in [2.24, 2.45) is 11.8 Å². The fraction of sp³-hybridized carbons (Fsp3) is 0.680. The van der Waals surface area contributed by atoms with Gasteiger partial charge in [-0.1, -0.05) is 68.7 Å². The number of carbonyl (C=O) groups excluding carboxylic acids is 1. The molecular formula is C50H74N4O13. The van der Waals surface area contributed by atoms with Gasteiger partial charge in [0.05, 0.1) is 119 Å². The highest BCUT2D eigenvalue weighted by Gasteiger charge is 2.26. The van der Waals surface area contributed by atoms with Crippen molar-refractivity contribution < 1.29 is 52.2 Å². The number of rotatable bonds is 35. The highest BCUT2D eigenvalue weighted by molar-refractivity contribution is 5.87. The summed E-state index contributed by atoms with van der Waals surface area (Å²) in [6.07, 6.45) is 20.0. The van der Waals surface area contributed by atoms with Crippen molar-refractivity contribution in [2.45, 2.75) is 83.8 Å². The van der Waals surface area contributed by atoms with Crippen molar-refractivity contribution in [2.75, 3.05) is 126 Å². The normalized spacial score (nSPS) is 14.9. The lowest BCUT2D eigenvalue weighted by atomic mass is 9.89. The monoisotopic (exact) mass is 939 g/mol. The van der Waals surface area contributed by atoms with E-state index >= 15 is 0 Å². The van der Waals surface area contributed by atoms with Gasteiger partial charge in [0.15, 0.2) is 11.2 Å². The standard InChI is InChI=1S/C50H74N4O13/c1-3-20-52-46-48(53(39-42-10-6-4-7-11-42)50(57)54(49(46)56)40-43-12-8-5-9-13-43)51-47(52)44-17-14-41(15-18-44)16-19-45(55)67-38-37-66-36-35-65-34-33-64-32-31-63-30-29-62-28-27-61-26-25-60-24-23-59-22-21-58-2/h1,14-19,42-43H,4-13,20-40H2,2H3/b19-16+. The van der Waals surface area contributed by atoms with Crippen molar-refractivity contribution in [3.63, 3.8) is 0 Å². The molecule has 0 saturated heterocycles. The number of fused-ring (bicyclic) bond motifs is 1. The Morgan fingerprint density at radius 2 is 1.04 bits per heavy atom. The van der Waals surface area contributed by atoms with E-state index in [0.29, 0.717) is 148 Å².